The summed E-state index contributed by atoms with van der Waals surface area (Å²) in [5.74, 6) is -1.49. The molecule has 0 rings (SSSR count). The van der Waals surface area contributed by atoms with E-state index in [1.54, 1.807) is 0 Å². The van der Waals surface area contributed by atoms with E-state index in [-0.39, 0.29) is 0 Å². The number of carboxylic acid groups (broad SMARTS) is 2. The van der Waals surface area contributed by atoms with Crippen molar-refractivity contribution in [2.45, 2.75) is 97.2 Å². The smallest absolute Gasteiger partial charge is 0.325 e. The van der Waals surface area contributed by atoms with Gasteiger partial charge in [-0.1, -0.05) is 79.1 Å². The van der Waals surface area contributed by atoms with Crippen molar-refractivity contribution in [1.82, 2.24) is 0 Å². The quantitative estimate of drug-likeness (QED) is 0.356. The van der Waals surface area contributed by atoms with Gasteiger partial charge in [0.05, 0.1) is 6.42 Å². The number of hydrogen-bond acceptors (Lipinski definition) is 4. The molecule has 3 unspecified atom stereocenters. The van der Waals surface area contributed by atoms with Gasteiger partial charge >= 0.3 is 11.9 Å². The molecule has 162 valence electrons. The van der Waals surface area contributed by atoms with Gasteiger partial charge in [0.25, 0.3) is 10.1 Å². The molecule has 0 saturated carbocycles. The van der Waals surface area contributed by atoms with Crippen LogP contribution < -0.4 is 0 Å². The van der Waals surface area contributed by atoms with Crippen molar-refractivity contribution in [3.8, 4) is 0 Å². The molecule has 0 fully saturated rings. The molecular formula is C19H38O7S. The van der Waals surface area contributed by atoms with Crippen LogP contribution in [-0.2, 0) is 19.7 Å². The van der Waals surface area contributed by atoms with Gasteiger partial charge in [-0.25, -0.2) is 0 Å². The lowest BCUT2D eigenvalue weighted by Crippen LogP contribution is -2.31. The lowest BCUT2D eigenvalue weighted by Gasteiger charge is -2.21. The highest BCUT2D eigenvalue weighted by atomic mass is 32.2. The number of carboxylic acids is 2. The van der Waals surface area contributed by atoms with Gasteiger partial charge in [-0.05, 0) is 18.3 Å². The van der Waals surface area contributed by atoms with Crippen LogP contribution in [-0.4, -0.2) is 40.4 Å². The standard InChI is InChI=1S/C15H32.C4H6O7S/c1-5-9-11-14(7-3)13-15(8-4)12-10-6-2;5-3(6)1-2(4(7)8)12(9,10)11/h14-15H,5-13H2,1-4H3;2H,1H2,(H,5,6)(H,7,8)(H,9,10,11). The number of rotatable bonds is 14. The van der Waals surface area contributed by atoms with Gasteiger partial charge < -0.3 is 10.2 Å². The lowest BCUT2D eigenvalue weighted by molar-refractivity contribution is -0.143. The number of carbonyl (C=O) groups is 2. The molecule has 0 saturated heterocycles. The summed E-state index contributed by atoms with van der Waals surface area (Å²) >= 11 is 0. The summed E-state index contributed by atoms with van der Waals surface area (Å²) < 4.78 is 28.7. The fraction of sp³-hybridized carbons (Fsp3) is 0.895. The van der Waals surface area contributed by atoms with Crippen LogP contribution in [0.25, 0.3) is 0 Å². The maximum Gasteiger partial charge on any atom is 0.325 e. The second-order valence-electron chi connectivity index (χ2n) is 7.01. The van der Waals surface area contributed by atoms with Crippen LogP contribution in [0, 0.1) is 11.8 Å². The molecular weight excluding hydrogens is 372 g/mol. The topological polar surface area (TPSA) is 129 Å². The molecule has 8 heteroatoms. The van der Waals surface area contributed by atoms with Crippen molar-refractivity contribution in [2.75, 3.05) is 0 Å². The van der Waals surface area contributed by atoms with Gasteiger partial charge in [-0.2, -0.15) is 8.42 Å². The Hall–Kier alpha value is -1.15. The van der Waals surface area contributed by atoms with Gasteiger partial charge in [-0.15, -0.1) is 0 Å². The van der Waals surface area contributed by atoms with Gasteiger partial charge in [0.15, 0.2) is 5.25 Å². The molecule has 0 aromatic heterocycles. The van der Waals surface area contributed by atoms with E-state index in [9.17, 15) is 18.0 Å². The summed E-state index contributed by atoms with van der Waals surface area (Å²) in [5.41, 5.74) is 0. The van der Waals surface area contributed by atoms with Crippen LogP contribution in [0.1, 0.15) is 91.9 Å². The molecule has 0 aliphatic carbocycles. The Morgan fingerprint density at radius 1 is 0.852 bits per heavy atom. The van der Waals surface area contributed by atoms with Gasteiger partial charge in [0.2, 0.25) is 0 Å². The minimum atomic E-state index is -4.84. The van der Waals surface area contributed by atoms with E-state index in [1.165, 1.54) is 57.8 Å². The Balaban J connectivity index is 0. The zero-order valence-electron chi connectivity index (χ0n) is 17.2. The minimum absolute atomic E-state index is 1.01. The normalized spacial score (nSPS) is 14.6. The van der Waals surface area contributed by atoms with Crippen LogP contribution in [0.3, 0.4) is 0 Å². The summed E-state index contributed by atoms with van der Waals surface area (Å²) in [4.78, 5) is 20.0. The van der Waals surface area contributed by atoms with E-state index in [2.05, 4.69) is 27.7 Å². The number of aliphatic carboxylic acids is 2. The first-order valence-electron chi connectivity index (χ1n) is 9.94. The molecule has 0 bridgehead atoms. The molecule has 0 aliphatic heterocycles. The molecule has 0 spiro atoms. The van der Waals surface area contributed by atoms with Crippen LogP contribution in [0.5, 0.6) is 0 Å². The Bertz CT molecular complexity index is 488. The van der Waals surface area contributed by atoms with Crippen LogP contribution in [0.4, 0.5) is 0 Å². The Morgan fingerprint density at radius 3 is 1.44 bits per heavy atom. The van der Waals surface area contributed by atoms with Crippen molar-refractivity contribution >= 4 is 22.1 Å². The SMILES string of the molecule is CCCCC(CC)CC(CC)CCCC.O=C(O)CC(C(=O)O)S(=O)(=O)O. The van der Waals surface area contributed by atoms with Crippen molar-refractivity contribution in [3.63, 3.8) is 0 Å². The predicted molar refractivity (Wildman–Crippen MR) is 106 cm³/mol. The summed E-state index contributed by atoms with van der Waals surface area (Å²) in [5, 5.41) is 13.9. The zero-order valence-corrected chi connectivity index (χ0v) is 18.0. The monoisotopic (exact) mass is 410 g/mol. The number of unbranched alkanes of at least 4 members (excludes halogenated alkanes) is 2. The summed E-state index contributed by atoms with van der Waals surface area (Å²) in [6, 6.07) is 0. The molecule has 3 N–H and O–H groups in total. The first-order valence-corrected chi connectivity index (χ1v) is 11.4. The Morgan fingerprint density at radius 2 is 1.26 bits per heavy atom. The Kier molecular flexibility index (Phi) is 16.5. The van der Waals surface area contributed by atoms with Crippen molar-refractivity contribution < 1.29 is 32.8 Å². The van der Waals surface area contributed by atoms with Gasteiger partial charge in [0.1, 0.15) is 0 Å². The maximum atomic E-state index is 10.2. The zero-order chi connectivity index (χ0) is 21.5. The Labute approximate surface area is 164 Å². The van der Waals surface area contributed by atoms with Crippen LogP contribution in [0.2, 0.25) is 0 Å². The van der Waals surface area contributed by atoms with Crippen LogP contribution in [0.15, 0.2) is 0 Å². The minimum Gasteiger partial charge on any atom is -0.481 e. The largest absolute Gasteiger partial charge is 0.481 e. The third kappa shape index (κ3) is 15.6. The second kappa shape index (κ2) is 15.9. The van der Waals surface area contributed by atoms with E-state index in [1.807, 2.05) is 0 Å². The van der Waals surface area contributed by atoms with E-state index in [4.69, 9.17) is 14.8 Å². The predicted octanol–water partition coefficient (Wildman–Crippen LogP) is 4.61. The lowest BCUT2D eigenvalue weighted by atomic mass is 9.85. The molecule has 27 heavy (non-hydrogen) atoms. The van der Waals surface area contributed by atoms with E-state index in [0.717, 1.165) is 11.8 Å². The van der Waals surface area contributed by atoms with Gasteiger partial charge in [-0.3, -0.25) is 14.1 Å². The van der Waals surface area contributed by atoms with Crippen LogP contribution >= 0.6 is 0 Å². The molecule has 7 nitrogen and oxygen atoms in total. The highest BCUT2D eigenvalue weighted by Gasteiger charge is 2.33. The van der Waals surface area contributed by atoms with E-state index >= 15 is 0 Å². The molecule has 0 heterocycles. The molecule has 0 aromatic rings. The summed E-state index contributed by atoms with van der Waals surface area (Å²) in [6.45, 7) is 9.35. The van der Waals surface area contributed by atoms with E-state index < -0.39 is 33.7 Å². The summed E-state index contributed by atoms with van der Waals surface area (Å²) in [7, 11) is -4.84. The third-order valence-corrected chi connectivity index (χ3v) is 5.84. The molecule has 3 atom stereocenters. The maximum absolute atomic E-state index is 10.2. The van der Waals surface area contributed by atoms with Crippen molar-refractivity contribution in [1.29, 1.82) is 0 Å². The highest BCUT2D eigenvalue weighted by Crippen LogP contribution is 2.26. The fourth-order valence-electron chi connectivity index (χ4n) is 2.91. The van der Waals surface area contributed by atoms with Gasteiger partial charge in [0, 0.05) is 0 Å². The molecule has 0 amide bonds. The van der Waals surface area contributed by atoms with Crippen molar-refractivity contribution in [2.24, 2.45) is 11.8 Å². The third-order valence-electron chi connectivity index (χ3n) is 4.75. The summed E-state index contributed by atoms with van der Waals surface area (Å²) in [6.07, 6.45) is 11.6. The molecule has 0 aliphatic rings. The average Bonchev–Trinajstić information content (AvgIpc) is 2.58. The van der Waals surface area contributed by atoms with Crippen molar-refractivity contribution in [3.05, 3.63) is 0 Å². The fourth-order valence-corrected chi connectivity index (χ4v) is 3.52. The molecule has 0 aromatic carbocycles. The highest BCUT2D eigenvalue weighted by molar-refractivity contribution is 7.87. The first-order chi connectivity index (χ1) is 12.5. The van der Waals surface area contributed by atoms with E-state index in [0.29, 0.717) is 0 Å². The average molecular weight is 411 g/mol. The first kappa shape index (κ1) is 28.1. The molecule has 0 radical (unpaired) electrons. The number of hydrogen-bond donors (Lipinski definition) is 3. The second-order valence-corrected chi connectivity index (χ2v) is 8.61.